The number of aryl methyl sites for hydroxylation is 1. The lowest BCUT2D eigenvalue weighted by Crippen LogP contribution is -2.42. The Hall–Kier alpha value is -1.49. The Morgan fingerprint density at radius 1 is 1.48 bits per heavy atom. The second-order valence-corrected chi connectivity index (χ2v) is 6.75. The standard InChI is InChI=1S/C16H21N3OS/c1-11-6-7-13-14(9-11)18-16(17-13)21-10-15(20)19-8-4-3-5-12(19)2/h6-7,9,12H,3-5,8,10H2,1-2H3,(H,17,18)/t12-/m1/s1. The third-order valence-electron chi connectivity index (χ3n) is 4.07. The third-order valence-corrected chi connectivity index (χ3v) is 4.93. The summed E-state index contributed by atoms with van der Waals surface area (Å²) < 4.78 is 0. The van der Waals surface area contributed by atoms with Crippen LogP contribution >= 0.6 is 11.8 Å². The fraction of sp³-hybridized carbons (Fsp3) is 0.500. The molecule has 4 nitrogen and oxygen atoms in total. The van der Waals surface area contributed by atoms with E-state index >= 15 is 0 Å². The van der Waals surface area contributed by atoms with Gasteiger partial charge < -0.3 is 9.88 Å². The Bertz CT molecular complexity index is 652. The quantitative estimate of drug-likeness (QED) is 0.885. The number of nitrogens with one attached hydrogen (secondary N) is 1. The molecule has 1 atom stereocenters. The van der Waals surface area contributed by atoms with Crippen molar-refractivity contribution in [2.45, 2.75) is 44.3 Å². The number of H-pyrrole nitrogens is 1. The highest BCUT2D eigenvalue weighted by Gasteiger charge is 2.23. The summed E-state index contributed by atoms with van der Waals surface area (Å²) in [4.78, 5) is 22.1. The normalized spacial score (nSPS) is 19.1. The maximum absolute atomic E-state index is 12.3. The van der Waals surface area contributed by atoms with Crippen LogP contribution in [0.1, 0.15) is 31.7 Å². The average Bonchev–Trinajstić information content (AvgIpc) is 2.87. The van der Waals surface area contributed by atoms with Crippen LogP contribution in [-0.2, 0) is 4.79 Å². The molecule has 1 aliphatic heterocycles. The first-order chi connectivity index (χ1) is 10.1. The molecule has 2 aromatic rings. The summed E-state index contributed by atoms with van der Waals surface area (Å²) in [6.45, 7) is 5.11. The Morgan fingerprint density at radius 3 is 3.14 bits per heavy atom. The lowest BCUT2D eigenvalue weighted by molar-refractivity contribution is -0.131. The number of carbonyl (C=O) groups excluding carboxylic acids is 1. The molecule has 0 spiro atoms. The number of likely N-dealkylation sites (tertiary alicyclic amines) is 1. The van der Waals surface area contributed by atoms with Gasteiger partial charge in [0, 0.05) is 12.6 Å². The van der Waals surface area contributed by atoms with Gasteiger partial charge in [-0.15, -0.1) is 0 Å². The van der Waals surface area contributed by atoms with Gasteiger partial charge in [-0.1, -0.05) is 17.8 Å². The molecule has 3 rings (SSSR count). The molecule has 21 heavy (non-hydrogen) atoms. The van der Waals surface area contributed by atoms with Gasteiger partial charge in [-0.2, -0.15) is 0 Å². The number of piperidine rings is 1. The zero-order valence-corrected chi connectivity index (χ0v) is 13.4. The van der Waals surface area contributed by atoms with Gasteiger partial charge >= 0.3 is 0 Å². The van der Waals surface area contributed by atoms with Gasteiger partial charge in [-0.3, -0.25) is 4.79 Å². The number of aromatic amines is 1. The molecule has 1 aromatic heterocycles. The van der Waals surface area contributed by atoms with E-state index < -0.39 is 0 Å². The summed E-state index contributed by atoms with van der Waals surface area (Å²) in [5.74, 6) is 0.687. The number of amides is 1. The smallest absolute Gasteiger partial charge is 0.233 e. The number of benzene rings is 1. The number of hydrogen-bond donors (Lipinski definition) is 1. The fourth-order valence-corrected chi connectivity index (χ4v) is 3.62. The maximum atomic E-state index is 12.3. The molecular weight excluding hydrogens is 282 g/mol. The van der Waals surface area contributed by atoms with Gasteiger partial charge in [0.25, 0.3) is 0 Å². The minimum Gasteiger partial charge on any atom is -0.339 e. The molecule has 0 saturated carbocycles. The molecular formula is C16H21N3OS. The highest BCUT2D eigenvalue weighted by atomic mass is 32.2. The van der Waals surface area contributed by atoms with Crippen molar-refractivity contribution in [2.24, 2.45) is 0 Å². The van der Waals surface area contributed by atoms with Gasteiger partial charge in [0.15, 0.2) is 5.16 Å². The second-order valence-electron chi connectivity index (χ2n) is 5.78. The van der Waals surface area contributed by atoms with E-state index in [1.165, 1.54) is 23.7 Å². The number of thioether (sulfide) groups is 1. The molecule has 0 bridgehead atoms. The number of fused-ring (bicyclic) bond motifs is 1. The van der Waals surface area contributed by atoms with E-state index in [1.807, 2.05) is 11.0 Å². The van der Waals surface area contributed by atoms with E-state index in [0.717, 1.165) is 35.6 Å². The largest absolute Gasteiger partial charge is 0.339 e. The van der Waals surface area contributed by atoms with E-state index in [1.54, 1.807) is 0 Å². The van der Waals surface area contributed by atoms with Crippen LogP contribution in [0.4, 0.5) is 0 Å². The molecule has 1 N–H and O–H groups in total. The molecule has 2 heterocycles. The third kappa shape index (κ3) is 3.23. The van der Waals surface area contributed by atoms with Gasteiger partial charge in [-0.25, -0.2) is 4.98 Å². The van der Waals surface area contributed by atoms with Crippen molar-refractivity contribution in [3.05, 3.63) is 23.8 Å². The van der Waals surface area contributed by atoms with Crippen molar-refractivity contribution in [1.29, 1.82) is 0 Å². The first kappa shape index (κ1) is 14.4. The summed E-state index contributed by atoms with van der Waals surface area (Å²) in [5.41, 5.74) is 3.21. The van der Waals surface area contributed by atoms with E-state index in [0.29, 0.717) is 11.8 Å². The molecule has 1 saturated heterocycles. The van der Waals surface area contributed by atoms with E-state index in [9.17, 15) is 4.79 Å². The van der Waals surface area contributed by atoms with Crippen molar-refractivity contribution < 1.29 is 4.79 Å². The van der Waals surface area contributed by atoms with Crippen LogP contribution in [0.3, 0.4) is 0 Å². The number of imidazole rings is 1. The molecule has 0 aliphatic carbocycles. The van der Waals surface area contributed by atoms with E-state index in [2.05, 4.69) is 35.9 Å². The number of carbonyl (C=O) groups is 1. The van der Waals surface area contributed by atoms with E-state index in [-0.39, 0.29) is 5.91 Å². The van der Waals surface area contributed by atoms with Crippen molar-refractivity contribution in [1.82, 2.24) is 14.9 Å². The molecule has 0 radical (unpaired) electrons. The minimum atomic E-state index is 0.226. The van der Waals surface area contributed by atoms with Gasteiger partial charge in [0.05, 0.1) is 16.8 Å². The van der Waals surface area contributed by atoms with Crippen molar-refractivity contribution in [3.63, 3.8) is 0 Å². The summed E-state index contributed by atoms with van der Waals surface area (Å²) in [6.07, 6.45) is 3.49. The van der Waals surface area contributed by atoms with Crippen LogP contribution in [-0.4, -0.2) is 39.1 Å². The fourth-order valence-electron chi connectivity index (χ4n) is 2.85. The topological polar surface area (TPSA) is 49.0 Å². The lowest BCUT2D eigenvalue weighted by atomic mass is 10.0. The maximum Gasteiger partial charge on any atom is 0.233 e. The number of hydrogen-bond acceptors (Lipinski definition) is 3. The SMILES string of the molecule is Cc1ccc2nc(SCC(=O)N3CCCC[C@H]3C)[nH]c2c1. The van der Waals surface area contributed by atoms with Crippen molar-refractivity contribution in [2.75, 3.05) is 12.3 Å². The zero-order valence-electron chi connectivity index (χ0n) is 12.6. The highest BCUT2D eigenvalue weighted by Crippen LogP contribution is 2.22. The Balaban J connectivity index is 1.64. The Kier molecular flexibility index (Phi) is 4.19. The molecule has 5 heteroatoms. The summed E-state index contributed by atoms with van der Waals surface area (Å²) in [7, 11) is 0. The molecule has 1 aliphatic rings. The monoisotopic (exact) mass is 303 g/mol. The molecule has 1 aromatic carbocycles. The molecule has 1 fully saturated rings. The van der Waals surface area contributed by atoms with Crippen LogP contribution in [0.25, 0.3) is 11.0 Å². The average molecular weight is 303 g/mol. The highest BCUT2D eigenvalue weighted by molar-refractivity contribution is 7.99. The predicted molar refractivity (Wildman–Crippen MR) is 86.6 cm³/mol. The van der Waals surface area contributed by atoms with E-state index in [4.69, 9.17) is 0 Å². The van der Waals surface area contributed by atoms with Crippen LogP contribution in [0.15, 0.2) is 23.4 Å². The summed E-state index contributed by atoms with van der Waals surface area (Å²) >= 11 is 1.50. The predicted octanol–water partition coefficient (Wildman–Crippen LogP) is 3.36. The first-order valence-electron chi connectivity index (χ1n) is 7.52. The lowest BCUT2D eigenvalue weighted by Gasteiger charge is -2.33. The van der Waals surface area contributed by atoms with Gasteiger partial charge in [0.1, 0.15) is 0 Å². The summed E-state index contributed by atoms with van der Waals surface area (Å²) in [6, 6.07) is 6.53. The summed E-state index contributed by atoms with van der Waals surface area (Å²) in [5, 5.41) is 0.827. The number of nitrogens with zero attached hydrogens (tertiary/aromatic N) is 2. The van der Waals surface area contributed by atoms with Gasteiger partial charge in [0.2, 0.25) is 5.91 Å². The number of rotatable bonds is 3. The van der Waals surface area contributed by atoms with Crippen LogP contribution in [0, 0.1) is 6.92 Å². The molecule has 1 amide bonds. The van der Waals surface area contributed by atoms with Crippen molar-refractivity contribution in [3.8, 4) is 0 Å². The first-order valence-corrected chi connectivity index (χ1v) is 8.50. The zero-order chi connectivity index (χ0) is 14.8. The van der Waals surface area contributed by atoms with Crippen LogP contribution in [0.5, 0.6) is 0 Å². The Morgan fingerprint density at radius 2 is 2.33 bits per heavy atom. The van der Waals surface area contributed by atoms with Crippen LogP contribution < -0.4 is 0 Å². The van der Waals surface area contributed by atoms with Crippen molar-refractivity contribution >= 4 is 28.7 Å². The van der Waals surface area contributed by atoms with Gasteiger partial charge in [-0.05, 0) is 50.8 Å². The van der Waals surface area contributed by atoms with Crippen LogP contribution in [0.2, 0.25) is 0 Å². The number of aromatic nitrogens is 2. The molecule has 0 unspecified atom stereocenters. The minimum absolute atomic E-state index is 0.226. The molecule has 112 valence electrons. The second kappa shape index (κ2) is 6.10. The Labute approximate surface area is 129 Å².